The predicted octanol–water partition coefficient (Wildman–Crippen LogP) is 1.40. The minimum Gasteiger partial charge on any atom is -0.398 e. The van der Waals surface area contributed by atoms with Gasteiger partial charge in [0.2, 0.25) is 0 Å². The van der Waals surface area contributed by atoms with E-state index in [1.165, 1.54) is 12.8 Å². The standard InChI is InChI=1S/C14H21N3O/c1-11-4-5-12(10-13(11)15)14(18)16-6-9-17-7-2-3-8-17/h4-5,10H,2-3,6-9,15H2,1H3,(H,16,18). The number of benzene rings is 1. The first-order valence-electron chi connectivity index (χ1n) is 6.53. The van der Waals surface area contributed by atoms with E-state index < -0.39 is 0 Å². The number of nitrogens with one attached hydrogen (secondary N) is 1. The van der Waals surface area contributed by atoms with Crippen molar-refractivity contribution in [2.45, 2.75) is 19.8 Å². The average Bonchev–Trinajstić information content (AvgIpc) is 2.85. The van der Waals surface area contributed by atoms with E-state index in [4.69, 9.17) is 5.73 Å². The number of hydrogen-bond donors (Lipinski definition) is 2. The van der Waals surface area contributed by atoms with E-state index >= 15 is 0 Å². The minimum absolute atomic E-state index is 0.0408. The summed E-state index contributed by atoms with van der Waals surface area (Å²) in [6, 6.07) is 5.43. The second kappa shape index (κ2) is 5.87. The van der Waals surface area contributed by atoms with Gasteiger partial charge in [0.05, 0.1) is 0 Å². The summed E-state index contributed by atoms with van der Waals surface area (Å²) in [7, 11) is 0. The van der Waals surface area contributed by atoms with Crippen molar-refractivity contribution in [2.24, 2.45) is 0 Å². The van der Waals surface area contributed by atoms with Crippen LogP contribution >= 0.6 is 0 Å². The van der Waals surface area contributed by atoms with Gasteiger partial charge in [0, 0.05) is 24.3 Å². The number of amides is 1. The highest BCUT2D eigenvalue weighted by Gasteiger charge is 2.11. The second-order valence-electron chi connectivity index (χ2n) is 4.88. The Kier molecular flexibility index (Phi) is 4.20. The zero-order valence-electron chi connectivity index (χ0n) is 10.9. The first-order valence-corrected chi connectivity index (χ1v) is 6.53. The predicted molar refractivity (Wildman–Crippen MR) is 73.6 cm³/mol. The van der Waals surface area contributed by atoms with Gasteiger partial charge in [-0.2, -0.15) is 0 Å². The molecule has 0 spiro atoms. The van der Waals surface area contributed by atoms with E-state index in [-0.39, 0.29) is 5.91 Å². The third kappa shape index (κ3) is 3.23. The third-order valence-corrected chi connectivity index (χ3v) is 3.45. The Balaban J connectivity index is 1.81. The molecule has 18 heavy (non-hydrogen) atoms. The number of likely N-dealkylation sites (tertiary alicyclic amines) is 1. The molecule has 0 unspecified atom stereocenters. The van der Waals surface area contributed by atoms with Gasteiger partial charge in [0.25, 0.3) is 5.91 Å². The van der Waals surface area contributed by atoms with Gasteiger partial charge in [0.1, 0.15) is 0 Å². The van der Waals surface area contributed by atoms with Crippen LogP contribution in [0.5, 0.6) is 0 Å². The van der Waals surface area contributed by atoms with Crippen LogP contribution in [0.1, 0.15) is 28.8 Å². The number of aryl methyl sites for hydroxylation is 1. The normalized spacial score (nSPS) is 15.8. The number of rotatable bonds is 4. The zero-order chi connectivity index (χ0) is 13.0. The van der Waals surface area contributed by atoms with Crippen LogP contribution in [-0.4, -0.2) is 37.0 Å². The van der Waals surface area contributed by atoms with Crippen LogP contribution in [0.15, 0.2) is 18.2 Å². The van der Waals surface area contributed by atoms with E-state index in [0.29, 0.717) is 17.8 Å². The van der Waals surface area contributed by atoms with E-state index in [1.54, 1.807) is 6.07 Å². The Bertz CT molecular complexity index is 425. The van der Waals surface area contributed by atoms with Gasteiger partial charge < -0.3 is 16.0 Å². The van der Waals surface area contributed by atoms with Crippen molar-refractivity contribution in [3.05, 3.63) is 29.3 Å². The number of nitrogens with two attached hydrogens (primary N) is 1. The van der Waals surface area contributed by atoms with E-state index in [1.807, 2.05) is 19.1 Å². The van der Waals surface area contributed by atoms with Crippen molar-refractivity contribution in [1.82, 2.24) is 10.2 Å². The first kappa shape index (κ1) is 12.9. The molecule has 1 fully saturated rings. The fraction of sp³-hybridized carbons (Fsp3) is 0.500. The van der Waals surface area contributed by atoms with Gasteiger partial charge in [-0.15, -0.1) is 0 Å². The third-order valence-electron chi connectivity index (χ3n) is 3.45. The Labute approximate surface area is 108 Å². The van der Waals surface area contributed by atoms with E-state index in [0.717, 1.165) is 25.2 Å². The number of carbonyl (C=O) groups is 1. The molecule has 2 rings (SSSR count). The van der Waals surface area contributed by atoms with Crippen molar-refractivity contribution in [1.29, 1.82) is 0 Å². The summed E-state index contributed by atoms with van der Waals surface area (Å²) in [5, 5.41) is 2.94. The number of nitrogen functional groups attached to an aromatic ring is 1. The largest absolute Gasteiger partial charge is 0.398 e. The summed E-state index contributed by atoms with van der Waals surface area (Å²) in [5.74, 6) is -0.0408. The molecular weight excluding hydrogens is 226 g/mol. The molecule has 0 aliphatic carbocycles. The number of anilines is 1. The van der Waals surface area contributed by atoms with Crippen LogP contribution in [0, 0.1) is 6.92 Å². The fourth-order valence-electron chi connectivity index (χ4n) is 2.22. The van der Waals surface area contributed by atoms with Crippen LogP contribution in [-0.2, 0) is 0 Å². The van der Waals surface area contributed by atoms with Crippen LogP contribution in [0.3, 0.4) is 0 Å². The molecule has 1 aromatic rings. The van der Waals surface area contributed by atoms with Crippen molar-refractivity contribution in [3.8, 4) is 0 Å². The molecule has 98 valence electrons. The SMILES string of the molecule is Cc1ccc(C(=O)NCCN2CCCC2)cc1N. The summed E-state index contributed by atoms with van der Waals surface area (Å²) < 4.78 is 0. The molecule has 0 radical (unpaired) electrons. The molecule has 4 heteroatoms. The molecule has 0 saturated carbocycles. The maximum absolute atomic E-state index is 11.9. The summed E-state index contributed by atoms with van der Waals surface area (Å²) in [6.07, 6.45) is 2.56. The highest BCUT2D eigenvalue weighted by molar-refractivity contribution is 5.95. The molecule has 1 aliphatic rings. The highest BCUT2D eigenvalue weighted by atomic mass is 16.1. The molecule has 0 atom stereocenters. The molecule has 3 N–H and O–H groups in total. The topological polar surface area (TPSA) is 58.4 Å². The molecule has 1 aliphatic heterocycles. The van der Waals surface area contributed by atoms with Gasteiger partial charge in [-0.3, -0.25) is 4.79 Å². The fourth-order valence-corrected chi connectivity index (χ4v) is 2.22. The lowest BCUT2D eigenvalue weighted by atomic mass is 10.1. The maximum atomic E-state index is 11.9. The second-order valence-corrected chi connectivity index (χ2v) is 4.88. The summed E-state index contributed by atoms with van der Waals surface area (Å²) in [5.41, 5.74) is 8.11. The number of carbonyl (C=O) groups excluding carboxylic acids is 1. The molecule has 1 aromatic carbocycles. The van der Waals surface area contributed by atoms with Crippen molar-refractivity contribution < 1.29 is 4.79 Å². The number of hydrogen-bond acceptors (Lipinski definition) is 3. The average molecular weight is 247 g/mol. The van der Waals surface area contributed by atoms with Gasteiger partial charge in [-0.05, 0) is 50.6 Å². The molecule has 0 bridgehead atoms. The Hall–Kier alpha value is -1.55. The monoisotopic (exact) mass is 247 g/mol. The van der Waals surface area contributed by atoms with Gasteiger partial charge in [-0.25, -0.2) is 0 Å². The van der Waals surface area contributed by atoms with Gasteiger partial charge >= 0.3 is 0 Å². The summed E-state index contributed by atoms with van der Waals surface area (Å²) in [4.78, 5) is 14.3. The molecule has 1 heterocycles. The zero-order valence-corrected chi connectivity index (χ0v) is 10.9. The molecule has 1 amide bonds. The van der Waals surface area contributed by atoms with Crippen LogP contribution in [0.2, 0.25) is 0 Å². The summed E-state index contributed by atoms with van der Waals surface area (Å²) in [6.45, 7) is 5.89. The molecule has 0 aromatic heterocycles. The van der Waals surface area contributed by atoms with E-state index in [9.17, 15) is 4.79 Å². The number of nitrogens with zero attached hydrogens (tertiary/aromatic N) is 1. The van der Waals surface area contributed by atoms with Gasteiger partial charge in [0.15, 0.2) is 0 Å². The quantitative estimate of drug-likeness (QED) is 0.791. The lowest BCUT2D eigenvalue weighted by Gasteiger charge is -2.14. The van der Waals surface area contributed by atoms with Gasteiger partial charge in [-0.1, -0.05) is 6.07 Å². The highest BCUT2D eigenvalue weighted by Crippen LogP contribution is 2.12. The first-order chi connectivity index (χ1) is 8.66. The van der Waals surface area contributed by atoms with Crippen LogP contribution in [0.4, 0.5) is 5.69 Å². The van der Waals surface area contributed by atoms with Crippen molar-refractivity contribution in [2.75, 3.05) is 31.9 Å². The Morgan fingerprint density at radius 2 is 2.11 bits per heavy atom. The lowest BCUT2D eigenvalue weighted by molar-refractivity contribution is 0.0950. The van der Waals surface area contributed by atoms with E-state index in [2.05, 4.69) is 10.2 Å². The lowest BCUT2D eigenvalue weighted by Crippen LogP contribution is -2.33. The maximum Gasteiger partial charge on any atom is 0.251 e. The molecule has 4 nitrogen and oxygen atoms in total. The minimum atomic E-state index is -0.0408. The Morgan fingerprint density at radius 1 is 1.39 bits per heavy atom. The summed E-state index contributed by atoms with van der Waals surface area (Å²) >= 11 is 0. The van der Waals surface area contributed by atoms with Crippen LogP contribution < -0.4 is 11.1 Å². The van der Waals surface area contributed by atoms with Crippen LogP contribution in [0.25, 0.3) is 0 Å². The smallest absolute Gasteiger partial charge is 0.251 e. The van der Waals surface area contributed by atoms with Crippen molar-refractivity contribution >= 4 is 11.6 Å². The Morgan fingerprint density at radius 3 is 2.78 bits per heavy atom. The van der Waals surface area contributed by atoms with Crippen molar-refractivity contribution in [3.63, 3.8) is 0 Å². The molecular formula is C14H21N3O. The molecule has 1 saturated heterocycles.